The summed E-state index contributed by atoms with van der Waals surface area (Å²) >= 11 is 0. The van der Waals surface area contributed by atoms with E-state index in [0.717, 1.165) is 39.3 Å². The molecular weight excluding hydrogens is 250 g/mol. The molecule has 4 heteroatoms. The first-order chi connectivity index (χ1) is 9.85. The number of anilines is 1. The van der Waals surface area contributed by atoms with Crippen molar-refractivity contribution in [3.05, 3.63) is 29.8 Å². The highest BCUT2D eigenvalue weighted by Gasteiger charge is 2.22. The SMILES string of the molecule is NCc1ccc(N2CCN(CC3CCCO3)CC2)cc1. The molecule has 2 aliphatic rings. The Morgan fingerprint density at radius 2 is 1.85 bits per heavy atom. The van der Waals surface area contributed by atoms with Crippen molar-refractivity contribution in [3.63, 3.8) is 0 Å². The van der Waals surface area contributed by atoms with E-state index >= 15 is 0 Å². The number of hydrogen-bond acceptors (Lipinski definition) is 4. The zero-order valence-electron chi connectivity index (χ0n) is 12.1. The molecule has 0 amide bonds. The minimum absolute atomic E-state index is 0.477. The maximum Gasteiger partial charge on any atom is 0.0702 e. The van der Waals surface area contributed by atoms with Gasteiger partial charge in [0.2, 0.25) is 0 Å². The zero-order chi connectivity index (χ0) is 13.8. The standard InChI is InChI=1S/C16H25N3O/c17-12-14-3-5-15(6-4-14)19-9-7-18(8-10-19)13-16-2-1-11-20-16/h3-6,16H,1-2,7-13,17H2. The molecule has 1 aromatic rings. The Kier molecular flexibility index (Phi) is 4.55. The van der Waals surface area contributed by atoms with E-state index in [1.54, 1.807) is 0 Å². The van der Waals surface area contributed by atoms with Gasteiger partial charge in [0.25, 0.3) is 0 Å². The number of nitrogens with two attached hydrogens (primary N) is 1. The molecule has 3 rings (SSSR count). The summed E-state index contributed by atoms with van der Waals surface area (Å²) in [6.45, 7) is 7.17. The fourth-order valence-electron chi connectivity index (χ4n) is 3.11. The van der Waals surface area contributed by atoms with Gasteiger partial charge in [-0.15, -0.1) is 0 Å². The first-order valence-electron chi connectivity index (χ1n) is 7.73. The predicted molar refractivity (Wildman–Crippen MR) is 82.0 cm³/mol. The van der Waals surface area contributed by atoms with Gasteiger partial charge < -0.3 is 15.4 Å². The van der Waals surface area contributed by atoms with Gasteiger partial charge in [-0.25, -0.2) is 0 Å². The molecule has 2 aliphatic heterocycles. The smallest absolute Gasteiger partial charge is 0.0702 e. The average Bonchev–Trinajstić information content (AvgIpc) is 3.01. The van der Waals surface area contributed by atoms with Crippen LogP contribution in [0.4, 0.5) is 5.69 Å². The molecule has 0 aliphatic carbocycles. The lowest BCUT2D eigenvalue weighted by Crippen LogP contribution is -2.48. The molecule has 20 heavy (non-hydrogen) atoms. The van der Waals surface area contributed by atoms with E-state index in [1.807, 2.05) is 0 Å². The molecule has 1 atom stereocenters. The predicted octanol–water partition coefficient (Wildman–Crippen LogP) is 1.45. The summed E-state index contributed by atoms with van der Waals surface area (Å²) in [5, 5.41) is 0. The molecule has 2 saturated heterocycles. The second-order valence-electron chi connectivity index (χ2n) is 5.79. The molecule has 0 bridgehead atoms. The van der Waals surface area contributed by atoms with E-state index in [0.29, 0.717) is 12.6 Å². The van der Waals surface area contributed by atoms with Crippen molar-refractivity contribution in [3.8, 4) is 0 Å². The van der Waals surface area contributed by atoms with E-state index in [9.17, 15) is 0 Å². The molecule has 2 fully saturated rings. The average molecular weight is 275 g/mol. The van der Waals surface area contributed by atoms with Crippen LogP contribution in [0.3, 0.4) is 0 Å². The lowest BCUT2D eigenvalue weighted by atomic mass is 10.1. The molecular formula is C16H25N3O. The van der Waals surface area contributed by atoms with Gasteiger partial charge in [-0.05, 0) is 30.5 Å². The highest BCUT2D eigenvalue weighted by atomic mass is 16.5. The summed E-state index contributed by atoms with van der Waals surface area (Å²) in [6, 6.07) is 8.65. The summed E-state index contributed by atoms with van der Waals surface area (Å²) in [5.41, 5.74) is 8.16. The quantitative estimate of drug-likeness (QED) is 0.903. The van der Waals surface area contributed by atoms with Crippen molar-refractivity contribution >= 4 is 5.69 Å². The fraction of sp³-hybridized carbons (Fsp3) is 0.625. The third-order valence-electron chi connectivity index (χ3n) is 4.40. The van der Waals surface area contributed by atoms with Gasteiger partial charge in [0, 0.05) is 51.6 Å². The topological polar surface area (TPSA) is 41.7 Å². The van der Waals surface area contributed by atoms with E-state index in [2.05, 4.69) is 34.1 Å². The van der Waals surface area contributed by atoms with Gasteiger partial charge >= 0.3 is 0 Å². The second-order valence-corrected chi connectivity index (χ2v) is 5.79. The molecule has 0 aromatic heterocycles. The number of nitrogens with zero attached hydrogens (tertiary/aromatic N) is 2. The third kappa shape index (κ3) is 3.32. The minimum atomic E-state index is 0.477. The maximum atomic E-state index is 5.73. The van der Waals surface area contributed by atoms with Crippen LogP contribution in [0.5, 0.6) is 0 Å². The molecule has 0 saturated carbocycles. The molecule has 1 unspecified atom stereocenters. The van der Waals surface area contributed by atoms with Crippen LogP contribution >= 0.6 is 0 Å². The fourth-order valence-corrected chi connectivity index (χ4v) is 3.11. The summed E-state index contributed by atoms with van der Waals surface area (Å²) in [6.07, 6.45) is 2.95. The van der Waals surface area contributed by atoms with Gasteiger partial charge in [0.15, 0.2) is 0 Å². The minimum Gasteiger partial charge on any atom is -0.377 e. The molecule has 1 aromatic carbocycles. The van der Waals surface area contributed by atoms with E-state index < -0.39 is 0 Å². The number of hydrogen-bond donors (Lipinski definition) is 1. The molecule has 0 spiro atoms. The molecule has 110 valence electrons. The lowest BCUT2D eigenvalue weighted by molar-refractivity contribution is 0.0713. The van der Waals surface area contributed by atoms with Gasteiger partial charge in [-0.1, -0.05) is 12.1 Å². The zero-order valence-corrected chi connectivity index (χ0v) is 12.1. The number of ether oxygens (including phenoxy) is 1. The second kappa shape index (κ2) is 6.57. The van der Waals surface area contributed by atoms with Gasteiger partial charge in [0.1, 0.15) is 0 Å². The van der Waals surface area contributed by atoms with Gasteiger partial charge in [-0.2, -0.15) is 0 Å². The van der Waals surface area contributed by atoms with Gasteiger partial charge in [0.05, 0.1) is 6.10 Å². The van der Waals surface area contributed by atoms with E-state index in [1.165, 1.54) is 24.1 Å². The Hall–Kier alpha value is -1.10. The van der Waals surface area contributed by atoms with Crippen molar-refractivity contribution in [2.45, 2.75) is 25.5 Å². The molecule has 2 heterocycles. The van der Waals surface area contributed by atoms with Crippen molar-refractivity contribution in [2.24, 2.45) is 5.73 Å². The van der Waals surface area contributed by atoms with Crippen LogP contribution in [-0.2, 0) is 11.3 Å². The normalized spacial score (nSPS) is 24.2. The van der Waals surface area contributed by atoms with Crippen molar-refractivity contribution in [1.82, 2.24) is 4.90 Å². The van der Waals surface area contributed by atoms with Crippen LogP contribution in [-0.4, -0.2) is 50.3 Å². The number of piperazine rings is 1. The summed E-state index contributed by atoms with van der Waals surface area (Å²) in [5.74, 6) is 0. The van der Waals surface area contributed by atoms with E-state index in [-0.39, 0.29) is 0 Å². The van der Waals surface area contributed by atoms with Crippen molar-refractivity contribution in [2.75, 3.05) is 44.2 Å². The Labute approximate surface area is 121 Å². The van der Waals surface area contributed by atoms with Crippen LogP contribution in [0.1, 0.15) is 18.4 Å². The van der Waals surface area contributed by atoms with E-state index in [4.69, 9.17) is 10.5 Å². The Morgan fingerprint density at radius 3 is 2.45 bits per heavy atom. The number of rotatable bonds is 4. The largest absolute Gasteiger partial charge is 0.377 e. The summed E-state index contributed by atoms with van der Waals surface area (Å²) < 4.78 is 5.73. The third-order valence-corrected chi connectivity index (χ3v) is 4.40. The Bertz CT molecular complexity index is 406. The first kappa shape index (κ1) is 13.9. The van der Waals surface area contributed by atoms with Crippen molar-refractivity contribution in [1.29, 1.82) is 0 Å². The first-order valence-corrected chi connectivity index (χ1v) is 7.73. The highest BCUT2D eigenvalue weighted by Crippen LogP contribution is 2.19. The molecule has 4 nitrogen and oxygen atoms in total. The van der Waals surface area contributed by atoms with Crippen LogP contribution in [0.25, 0.3) is 0 Å². The number of benzene rings is 1. The van der Waals surface area contributed by atoms with Crippen LogP contribution < -0.4 is 10.6 Å². The summed E-state index contributed by atoms with van der Waals surface area (Å²) in [7, 11) is 0. The Morgan fingerprint density at radius 1 is 1.10 bits per heavy atom. The highest BCUT2D eigenvalue weighted by molar-refractivity contribution is 5.48. The summed E-state index contributed by atoms with van der Waals surface area (Å²) in [4.78, 5) is 5.01. The maximum absolute atomic E-state index is 5.73. The molecule has 0 radical (unpaired) electrons. The van der Waals surface area contributed by atoms with Crippen LogP contribution in [0.2, 0.25) is 0 Å². The van der Waals surface area contributed by atoms with Crippen LogP contribution in [0.15, 0.2) is 24.3 Å². The van der Waals surface area contributed by atoms with Crippen LogP contribution in [0, 0.1) is 0 Å². The monoisotopic (exact) mass is 275 g/mol. The van der Waals surface area contributed by atoms with Gasteiger partial charge in [-0.3, -0.25) is 4.90 Å². The molecule has 2 N–H and O–H groups in total. The lowest BCUT2D eigenvalue weighted by Gasteiger charge is -2.37. The Balaban J connectivity index is 1.49. The van der Waals surface area contributed by atoms with Crippen molar-refractivity contribution < 1.29 is 4.74 Å².